The molecule has 0 spiro atoms. The number of nitrogens with one attached hydrogen (secondary N) is 3. The van der Waals surface area contributed by atoms with Gasteiger partial charge in [-0.2, -0.15) is 0 Å². The van der Waals surface area contributed by atoms with E-state index in [1.165, 1.54) is 0 Å². The summed E-state index contributed by atoms with van der Waals surface area (Å²) in [6.07, 6.45) is 1.68. The summed E-state index contributed by atoms with van der Waals surface area (Å²) in [4.78, 5) is 32.4. The summed E-state index contributed by atoms with van der Waals surface area (Å²) in [5, 5.41) is 16.1. The number of aliphatic hydroxyl groups is 1. The molecule has 17 heavy (non-hydrogen) atoms. The minimum Gasteiger partial charge on any atom is -0.394 e. The van der Waals surface area contributed by atoms with Gasteiger partial charge < -0.3 is 21.1 Å². The number of hydrogen-bond acceptors (Lipinski definition) is 4. The highest BCUT2D eigenvalue weighted by atomic mass is 16.3. The molecule has 0 radical (unpaired) electrons. The molecule has 0 rings (SSSR count). The first-order valence-electron chi connectivity index (χ1n) is 5.52. The number of amides is 3. The van der Waals surface area contributed by atoms with Gasteiger partial charge in [0.15, 0.2) is 0 Å². The SMILES string of the molecule is CCC(CO)NC(=O)C(=O)NCCCNC=O. The maximum absolute atomic E-state index is 11.3. The lowest BCUT2D eigenvalue weighted by atomic mass is 10.2. The van der Waals surface area contributed by atoms with Crippen molar-refractivity contribution in [3.8, 4) is 0 Å². The van der Waals surface area contributed by atoms with Crippen LogP contribution in [0.5, 0.6) is 0 Å². The third kappa shape index (κ3) is 7.29. The highest BCUT2D eigenvalue weighted by Crippen LogP contribution is 1.88. The Kier molecular flexibility index (Phi) is 8.67. The Hall–Kier alpha value is -1.63. The molecule has 1 unspecified atom stereocenters. The first-order valence-corrected chi connectivity index (χ1v) is 5.52. The maximum Gasteiger partial charge on any atom is 0.309 e. The summed E-state index contributed by atoms with van der Waals surface area (Å²) in [6, 6.07) is -0.398. The molecule has 0 heterocycles. The van der Waals surface area contributed by atoms with Gasteiger partial charge >= 0.3 is 11.8 Å². The van der Waals surface area contributed by atoms with Gasteiger partial charge in [-0.25, -0.2) is 0 Å². The summed E-state index contributed by atoms with van der Waals surface area (Å²) in [7, 11) is 0. The van der Waals surface area contributed by atoms with Crippen LogP contribution in [0.4, 0.5) is 0 Å². The van der Waals surface area contributed by atoms with E-state index in [-0.39, 0.29) is 6.61 Å². The van der Waals surface area contributed by atoms with Crippen molar-refractivity contribution in [1.82, 2.24) is 16.0 Å². The predicted molar refractivity (Wildman–Crippen MR) is 61.0 cm³/mol. The second kappa shape index (κ2) is 9.59. The Morgan fingerprint density at radius 3 is 2.53 bits per heavy atom. The standard InChI is InChI=1S/C10H19N3O4/c1-2-8(6-14)13-10(17)9(16)12-5-3-4-11-7-15/h7-8,14H,2-6H2,1H3,(H,11,15)(H,12,16)(H,13,17). The lowest BCUT2D eigenvalue weighted by molar-refractivity contribution is -0.139. The van der Waals surface area contributed by atoms with Gasteiger partial charge in [0, 0.05) is 13.1 Å². The normalized spacial score (nSPS) is 11.4. The van der Waals surface area contributed by atoms with Crippen molar-refractivity contribution in [2.45, 2.75) is 25.8 Å². The van der Waals surface area contributed by atoms with E-state index in [4.69, 9.17) is 5.11 Å². The predicted octanol–water partition coefficient (Wildman–Crippen LogP) is -1.87. The van der Waals surface area contributed by atoms with Crippen molar-refractivity contribution in [3.63, 3.8) is 0 Å². The molecule has 3 amide bonds. The molecule has 0 aromatic carbocycles. The van der Waals surface area contributed by atoms with Crippen LogP contribution in [0, 0.1) is 0 Å². The third-order valence-corrected chi connectivity index (χ3v) is 2.12. The van der Waals surface area contributed by atoms with E-state index < -0.39 is 17.9 Å². The molecule has 98 valence electrons. The van der Waals surface area contributed by atoms with E-state index in [1.54, 1.807) is 6.92 Å². The Labute approximate surface area is 100.0 Å². The number of rotatable bonds is 8. The van der Waals surface area contributed by atoms with Gasteiger partial charge in [-0.15, -0.1) is 0 Å². The van der Waals surface area contributed by atoms with Crippen LogP contribution in [-0.2, 0) is 14.4 Å². The fourth-order valence-corrected chi connectivity index (χ4v) is 1.06. The van der Waals surface area contributed by atoms with Gasteiger partial charge in [0.05, 0.1) is 12.6 Å². The Balaban J connectivity index is 3.74. The van der Waals surface area contributed by atoms with Gasteiger partial charge in [0.25, 0.3) is 0 Å². The van der Waals surface area contributed by atoms with Crippen molar-refractivity contribution in [2.75, 3.05) is 19.7 Å². The van der Waals surface area contributed by atoms with Crippen LogP contribution in [0.25, 0.3) is 0 Å². The zero-order valence-electron chi connectivity index (χ0n) is 9.86. The first-order chi connectivity index (χ1) is 8.15. The molecule has 0 aromatic heterocycles. The van der Waals surface area contributed by atoms with Crippen LogP contribution in [0.1, 0.15) is 19.8 Å². The molecule has 0 aliphatic rings. The summed E-state index contributed by atoms with van der Waals surface area (Å²) in [6.45, 7) is 2.35. The van der Waals surface area contributed by atoms with E-state index >= 15 is 0 Å². The van der Waals surface area contributed by atoms with Crippen molar-refractivity contribution in [2.24, 2.45) is 0 Å². The van der Waals surface area contributed by atoms with Crippen molar-refractivity contribution < 1.29 is 19.5 Å². The smallest absolute Gasteiger partial charge is 0.309 e. The average Bonchev–Trinajstić information content (AvgIpc) is 2.35. The third-order valence-electron chi connectivity index (χ3n) is 2.12. The zero-order valence-corrected chi connectivity index (χ0v) is 9.86. The lowest BCUT2D eigenvalue weighted by Gasteiger charge is -2.13. The Morgan fingerprint density at radius 1 is 1.29 bits per heavy atom. The molecule has 0 saturated carbocycles. The van der Waals surface area contributed by atoms with E-state index in [0.29, 0.717) is 32.3 Å². The van der Waals surface area contributed by atoms with E-state index in [1.807, 2.05) is 0 Å². The summed E-state index contributed by atoms with van der Waals surface area (Å²) < 4.78 is 0. The largest absolute Gasteiger partial charge is 0.394 e. The van der Waals surface area contributed by atoms with Crippen molar-refractivity contribution in [1.29, 1.82) is 0 Å². The summed E-state index contributed by atoms with van der Waals surface area (Å²) >= 11 is 0. The minimum absolute atomic E-state index is 0.196. The highest BCUT2D eigenvalue weighted by Gasteiger charge is 2.16. The molecule has 7 heteroatoms. The molecular formula is C10H19N3O4. The fourth-order valence-electron chi connectivity index (χ4n) is 1.06. The lowest BCUT2D eigenvalue weighted by Crippen LogP contribution is -2.46. The van der Waals surface area contributed by atoms with Gasteiger partial charge in [-0.3, -0.25) is 14.4 Å². The molecule has 0 bridgehead atoms. The minimum atomic E-state index is -0.755. The highest BCUT2D eigenvalue weighted by molar-refractivity contribution is 6.35. The molecule has 0 aliphatic carbocycles. The van der Waals surface area contributed by atoms with Crippen LogP contribution < -0.4 is 16.0 Å². The monoisotopic (exact) mass is 245 g/mol. The fraction of sp³-hybridized carbons (Fsp3) is 0.700. The van der Waals surface area contributed by atoms with Crippen molar-refractivity contribution >= 4 is 18.2 Å². The van der Waals surface area contributed by atoms with Gasteiger partial charge in [0.1, 0.15) is 0 Å². The Morgan fingerprint density at radius 2 is 2.00 bits per heavy atom. The van der Waals surface area contributed by atoms with E-state index in [9.17, 15) is 14.4 Å². The van der Waals surface area contributed by atoms with Gasteiger partial charge in [0.2, 0.25) is 6.41 Å². The maximum atomic E-state index is 11.3. The molecule has 1 atom stereocenters. The van der Waals surface area contributed by atoms with E-state index in [0.717, 1.165) is 0 Å². The molecule has 4 N–H and O–H groups in total. The zero-order chi connectivity index (χ0) is 13.1. The molecule has 0 aliphatic heterocycles. The first kappa shape index (κ1) is 15.4. The average molecular weight is 245 g/mol. The molecule has 0 aromatic rings. The van der Waals surface area contributed by atoms with Gasteiger partial charge in [-0.05, 0) is 12.8 Å². The molecular weight excluding hydrogens is 226 g/mol. The van der Waals surface area contributed by atoms with Crippen LogP contribution >= 0.6 is 0 Å². The summed E-state index contributed by atoms with van der Waals surface area (Å²) in [5.41, 5.74) is 0. The molecule has 7 nitrogen and oxygen atoms in total. The molecule has 0 saturated heterocycles. The Bertz CT molecular complexity index is 254. The van der Waals surface area contributed by atoms with Crippen LogP contribution in [0.3, 0.4) is 0 Å². The molecule has 0 fully saturated rings. The quantitative estimate of drug-likeness (QED) is 0.228. The second-order valence-corrected chi connectivity index (χ2v) is 3.44. The van der Waals surface area contributed by atoms with Crippen LogP contribution in [-0.4, -0.2) is 49.1 Å². The van der Waals surface area contributed by atoms with Gasteiger partial charge in [-0.1, -0.05) is 6.92 Å². The van der Waals surface area contributed by atoms with Crippen molar-refractivity contribution in [3.05, 3.63) is 0 Å². The number of carbonyl (C=O) groups is 3. The number of hydrogen-bond donors (Lipinski definition) is 4. The summed E-state index contributed by atoms with van der Waals surface area (Å²) in [5.74, 6) is -1.49. The topological polar surface area (TPSA) is 108 Å². The number of carbonyl (C=O) groups excluding carboxylic acids is 3. The number of aliphatic hydroxyl groups excluding tert-OH is 1. The second-order valence-electron chi connectivity index (χ2n) is 3.44. The van der Waals surface area contributed by atoms with Crippen LogP contribution in [0.2, 0.25) is 0 Å². The van der Waals surface area contributed by atoms with Crippen LogP contribution in [0.15, 0.2) is 0 Å². The van der Waals surface area contributed by atoms with E-state index in [2.05, 4.69) is 16.0 Å².